The largest absolute Gasteiger partial charge is 0.480 e. The second-order valence-electron chi connectivity index (χ2n) is 5.39. The first kappa shape index (κ1) is 14.2. The molecule has 0 spiro atoms. The second kappa shape index (κ2) is 6.32. The topological polar surface area (TPSA) is 60.9 Å². The van der Waals surface area contributed by atoms with Crippen molar-refractivity contribution in [1.82, 2.24) is 9.80 Å². The van der Waals surface area contributed by atoms with Crippen molar-refractivity contribution >= 4 is 11.9 Å². The number of halogens is 1. The molecule has 0 aliphatic carbocycles. The van der Waals surface area contributed by atoms with E-state index in [2.05, 4.69) is 0 Å². The lowest BCUT2D eigenvalue weighted by atomic mass is 10.0. The molecule has 2 aliphatic rings. The fraction of sp³-hybridized carbons (Fsp3) is 0.846. The van der Waals surface area contributed by atoms with E-state index in [1.54, 1.807) is 0 Å². The third kappa shape index (κ3) is 3.65. The van der Waals surface area contributed by atoms with E-state index in [4.69, 9.17) is 5.11 Å². The van der Waals surface area contributed by atoms with Crippen molar-refractivity contribution in [1.29, 1.82) is 0 Å². The summed E-state index contributed by atoms with van der Waals surface area (Å²) < 4.78 is 13.0. The third-order valence-electron chi connectivity index (χ3n) is 3.98. The van der Waals surface area contributed by atoms with Gasteiger partial charge in [0, 0.05) is 19.6 Å². The van der Waals surface area contributed by atoms with Crippen LogP contribution in [0, 0.1) is 0 Å². The number of likely N-dealkylation sites (tertiary alicyclic amines) is 2. The Kier molecular flexibility index (Phi) is 4.74. The smallest absolute Gasteiger partial charge is 0.326 e. The molecule has 5 nitrogen and oxygen atoms in total. The van der Waals surface area contributed by atoms with E-state index < -0.39 is 18.2 Å². The van der Waals surface area contributed by atoms with E-state index in [0.29, 0.717) is 38.9 Å². The zero-order chi connectivity index (χ0) is 13.8. The van der Waals surface area contributed by atoms with Crippen LogP contribution >= 0.6 is 0 Å². The number of carbonyl (C=O) groups excluding carboxylic acids is 1. The van der Waals surface area contributed by atoms with E-state index in [9.17, 15) is 14.0 Å². The summed E-state index contributed by atoms with van der Waals surface area (Å²) in [7, 11) is 0. The number of hydrogen-bond acceptors (Lipinski definition) is 3. The molecule has 2 rings (SSSR count). The average Bonchev–Trinajstić information content (AvgIpc) is 2.41. The number of rotatable bonds is 3. The Morgan fingerprint density at radius 3 is 2.42 bits per heavy atom. The molecule has 0 unspecified atom stereocenters. The third-order valence-corrected chi connectivity index (χ3v) is 3.98. The van der Waals surface area contributed by atoms with Crippen LogP contribution in [0.1, 0.15) is 32.1 Å². The number of aliphatic carboxylic acids is 1. The summed E-state index contributed by atoms with van der Waals surface area (Å²) in [5.74, 6) is -1.06. The molecular weight excluding hydrogens is 251 g/mol. The van der Waals surface area contributed by atoms with E-state index in [-0.39, 0.29) is 12.5 Å². The number of carbonyl (C=O) groups is 2. The summed E-state index contributed by atoms with van der Waals surface area (Å²) >= 11 is 0. The van der Waals surface area contributed by atoms with Gasteiger partial charge in [-0.3, -0.25) is 9.69 Å². The highest BCUT2D eigenvalue weighted by molar-refractivity contribution is 5.85. The maximum absolute atomic E-state index is 13.0. The molecule has 1 N–H and O–H groups in total. The molecule has 0 saturated carbocycles. The van der Waals surface area contributed by atoms with E-state index >= 15 is 0 Å². The summed E-state index contributed by atoms with van der Waals surface area (Å²) in [5, 5.41) is 9.14. The van der Waals surface area contributed by atoms with Gasteiger partial charge in [0.05, 0.1) is 6.54 Å². The molecule has 2 aliphatic heterocycles. The SMILES string of the molecule is O=C(O)[C@@H]1CCCCN1C(=O)CN1CCC(F)CC1. The maximum atomic E-state index is 13.0. The van der Waals surface area contributed by atoms with Crippen LogP contribution in [0.2, 0.25) is 0 Å². The summed E-state index contributed by atoms with van der Waals surface area (Å²) in [6.07, 6.45) is 2.43. The van der Waals surface area contributed by atoms with Crippen molar-refractivity contribution < 1.29 is 19.1 Å². The quantitative estimate of drug-likeness (QED) is 0.828. The zero-order valence-corrected chi connectivity index (χ0v) is 11.1. The zero-order valence-electron chi connectivity index (χ0n) is 11.1. The second-order valence-corrected chi connectivity index (χ2v) is 5.39. The van der Waals surface area contributed by atoms with Crippen molar-refractivity contribution in [3.8, 4) is 0 Å². The minimum Gasteiger partial charge on any atom is -0.480 e. The lowest BCUT2D eigenvalue weighted by molar-refractivity contribution is -0.152. The monoisotopic (exact) mass is 272 g/mol. The molecule has 0 bridgehead atoms. The van der Waals surface area contributed by atoms with E-state index in [1.165, 1.54) is 4.90 Å². The van der Waals surface area contributed by atoms with Crippen LogP contribution < -0.4 is 0 Å². The lowest BCUT2D eigenvalue weighted by Gasteiger charge is -2.35. The summed E-state index contributed by atoms with van der Waals surface area (Å²) in [4.78, 5) is 26.7. The Morgan fingerprint density at radius 1 is 1.11 bits per heavy atom. The fourth-order valence-electron chi connectivity index (χ4n) is 2.83. The van der Waals surface area contributed by atoms with E-state index in [1.807, 2.05) is 4.90 Å². The number of nitrogens with zero attached hydrogens (tertiary/aromatic N) is 2. The Bertz CT molecular complexity index is 343. The number of carboxylic acid groups (broad SMARTS) is 1. The van der Waals surface area contributed by atoms with Crippen molar-refractivity contribution in [2.75, 3.05) is 26.2 Å². The van der Waals surface area contributed by atoms with E-state index in [0.717, 1.165) is 12.8 Å². The summed E-state index contributed by atoms with van der Waals surface area (Å²) in [6.45, 7) is 1.91. The molecule has 2 saturated heterocycles. The van der Waals surface area contributed by atoms with Crippen molar-refractivity contribution in [3.05, 3.63) is 0 Å². The van der Waals surface area contributed by atoms with Crippen molar-refractivity contribution in [2.45, 2.75) is 44.3 Å². The van der Waals surface area contributed by atoms with Crippen LogP contribution in [0.25, 0.3) is 0 Å². The first-order chi connectivity index (χ1) is 9.08. The van der Waals surface area contributed by atoms with Gasteiger partial charge in [-0.05, 0) is 32.1 Å². The van der Waals surface area contributed by atoms with Gasteiger partial charge in [0.25, 0.3) is 0 Å². The fourth-order valence-corrected chi connectivity index (χ4v) is 2.83. The molecule has 2 heterocycles. The van der Waals surface area contributed by atoms with Gasteiger partial charge in [0.15, 0.2) is 0 Å². The van der Waals surface area contributed by atoms with Gasteiger partial charge >= 0.3 is 5.97 Å². The molecule has 2 fully saturated rings. The van der Waals surface area contributed by atoms with Crippen LogP contribution in [0.15, 0.2) is 0 Å². The molecular formula is C13H21FN2O3. The molecule has 0 aromatic heterocycles. The van der Waals surface area contributed by atoms with Crippen LogP contribution in [0.3, 0.4) is 0 Å². The predicted octanol–water partition coefficient (Wildman–Crippen LogP) is 0.886. The molecule has 108 valence electrons. The molecule has 1 atom stereocenters. The van der Waals surface area contributed by atoms with Crippen LogP contribution in [-0.4, -0.2) is 65.2 Å². The van der Waals surface area contributed by atoms with Gasteiger partial charge in [-0.25, -0.2) is 9.18 Å². The molecule has 6 heteroatoms. The highest BCUT2D eigenvalue weighted by atomic mass is 19.1. The van der Waals surface area contributed by atoms with Gasteiger partial charge in [-0.1, -0.05) is 0 Å². The van der Waals surface area contributed by atoms with Crippen molar-refractivity contribution in [3.63, 3.8) is 0 Å². The number of amides is 1. The number of piperidine rings is 2. The maximum Gasteiger partial charge on any atom is 0.326 e. The Morgan fingerprint density at radius 2 is 1.79 bits per heavy atom. The Hall–Kier alpha value is -1.17. The first-order valence-electron chi connectivity index (χ1n) is 6.96. The molecule has 0 aromatic carbocycles. The highest BCUT2D eigenvalue weighted by Crippen LogP contribution is 2.19. The van der Waals surface area contributed by atoms with Gasteiger partial charge < -0.3 is 10.0 Å². The number of hydrogen-bond donors (Lipinski definition) is 1. The normalized spacial score (nSPS) is 26.4. The Labute approximate surface area is 112 Å². The van der Waals surface area contributed by atoms with Gasteiger partial charge in [0.1, 0.15) is 12.2 Å². The van der Waals surface area contributed by atoms with Gasteiger partial charge in [-0.2, -0.15) is 0 Å². The summed E-state index contributed by atoms with van der Waals surface area (Å²) in [5.41, 5.74) is 0. The average molecular weight is 272 g/mol. The Balaban J connectivity index is 1.89. The first-order valence-corrected chi connectivity index (χ1v) is 6.96. The van der Waals surface area contributed by atoms with Crippen molar-refractivity contribution in [2.24, 2.45) is 0 Å². The van der Waals surface area contributed by atoms with Crippen LogP contribution in [0.4, 0.5) is 4.39 Å². The minimum atomic E-state index is -0.921. The predicted molar refractivity (Wildman–Crippen MR) is 67.6 cm³/mol. The molecule has 0 aromatic rings. The van der Waals surface area contributed by atoms with Gasteiger partial charge in [0.2, 0.25) is 5.91 Å². The molecule has 0 radical (unpaired) electrons. The van der Waals surface area contributed by atoms with Crippen LogP contribution in [-0.2, 0) is 9.59 Å². The minimum absolute atomic E-state index is 0.135. The molecule has 1 amide bonds. The number of alkyl halides is 1. The standard InChI is InChI=1S/C13H21FN2O3/c14-10-4-7-15(8-5-10)9-12(17)16-6-2-1-3-11(16)13(18)19/h10-11H,1-9H2,(H,18,19)/t11-/m0/s1. The lowest BCUT2D eigenvalue weighted by Crippen LogP contribution is -2.52. The number of carboxylic acids is 1. The van der Waals surface area contributed by atoms with Crippen LogP contribution in [0.5, 0.6) is 0 Å². The highest BCUT2D eigenvalue weighted by Gasteiger charge is 2.32. The molecule has 19 heavy (non-hydrogen) atoms. The van der Waals surface area contributed by atoms with Gasteiger partial charge in [-0.15, -0.1) is 0 Å². The summed E-state index contributed by atoms with van der Waals surface area (Å²) in [6, 6.07) is -0.681.